The van der Waals surface area contributed by atoms with Crippen LogP contribution in [0.1, 0.15) is 86.0 Å². The van der Waals surface area contributed by atoms with Gasteiger partial charge in [-0.05, 0) is 66.5 Å². The molecule has 0 fully saturated rings. The lowest BCUT2D eigenvalue weighted by atomic mass is 9.96. The average Bonchev–Trinajstić information content (AvgIpc) is 3.32. The van der Waals surface area contributed by atoms with Gasteiger partial charge in [-0.1, -0.05) is 52.0 Å². The number of aryl methyl sites for hydroxylation is 1. The van der Waals surface area contributed by atoms with Crippen LogP contribution >= 0.6 is 0 Å². The molecule has 0 aliphatic heterocycles. The lowest BCUT2D eigenvalue weighted by Crippen LogP contribution is -2.06. The number of ketones is 1. The number of carbonyl (C=O) groups is 2. The summed E-state index contributed by atoms with van der Waals surface area (Å²) >= 11 is 0. The third-order valence-electron chi connectivity index (χ3n) is 6.37. The predicted octanol–water partition coefficient (Wildman–Crippen LogP) is 6.97. The van der Waals surface area contributed by atoms with Crippen LogP contribution in [0.2, 0.25) is 0 Å². The van der Waals surface area contributed by atoms with Gasteiger partial charge in [0.25, 0.3) is 0 Å². The molecule has 0 bridgehead atoms. The topological polar surface area (TPSA) is 66.8 Å². The Labute approximate surface area is 226 Å². The molecule has 0 atom stereocenters. The van der Waals surface area contributed by atoms with E-state index in [0.29, 0.717) is 61.1 Å². The fourth-order valence-electron chi connectivity index (χ4n) is 4.43. The quantitative estimate of drug-likeness (QED) is 0.170. The smallest absolute Gasteiger partial charge is 0.305 e. The molecule has 0 spiro atoms. The zero-order valence-electron chi connectivity index (χ0n) is 23.6. The first-order valence-electron chi connectivity index (χ1n) is 13.5. The van der Waals surface area contributed by atoms with E-state index in [2.05, 4.69) is 52.0 Å². The maximum absolute atomic E-state index is 13.5. The highest BCUT2D eigenvalue weighted by molar-refractivity contribution is 6.10. The van der Waals surface area contributed by atoms with E-state index in [0.717, 1.165) is 17.5 Å². The maximum Gasteiger partial charge on any atom is 0.305 e. The molecule has 0 N–H and O–H groups in total. The second kappa shape index (κ2) is 13.8. The van der Waals surface area contributed by atoms with Crippen molar-refractivity contribution in [3.05, 3.63) is 82.7 Å². The van der Waals surface area contributed by atoms with Crippen LogP contribution < -0.4 is 9.47 Å². The van der Waals surface area contributed by atoms with Crippen molar-refractivity contribution in [1.29, 1.82) is 0 Å². The van der Waals surface area contributed by atoms with E-state index < -0.39 is 0 Å². The summed E-state index contributed by atoms with van der Waals surface area (Å²) in [6, 6.07) is 13.8. The maximum atomic E-state index is 13.5. The Morgan fingerprint density at radius 2 is 1.63 bits per heavy atom. The van der Waals surface area contributed by atoms with E-state index in [1.165, 1.54) is 5.56 Å². The zero-order chi connectivity index (χ0) is 27.7. The fourth-order valence-corrected chi connectivity index (χ4v) is 4.43. The first-order chi connectivity index (χ1) is 18.2. The summed E-state index contributed by atoms with van der Waals surface area (Å²) in [6.45, 7) is 11.8. The van der Waals surface area contributed by atoms with Gasteiger partial charge in [-0.25, -0.2) is 0 Å². The molecule has 38 heavy (non-hydrogen) atoms. The SMILES string of the molecule is CCOC(=O)CCCn1cc(C(=O)c2ccc(OCc3ccc(CC(C)C)cc3)c(OC)c2)c(C(C)C)c1. The van der Waals surface area contributed by atoms with Crippen LogP contribution in [0.15, 0.2) is 54.9 Å². The van der Waals surface area contributed by atoms with Gasteiger partial charge in [0.05, 0.1) is 13.7 Å². The van der Waals surface area contributed by atoms with Gasteiger partial charge in [-0.2, -0.15) is 0 Å². The van der Waals surface area contributed by atoms with Crippen molar-refractivity contribution in [2.75, 3.05) is 13.7 Å². The van der Waals surface area contributed by atoms with E-state index in [-0.39, 0.29) is 17.7 Å². The van der Waals surface area contributed by atoms with Crippen LogP contribution in [0, 0.1) is 5.92 Å². The Morgan fingerprint density at radius 1 is 0.921 bits per heavy atom. The summed E-state index contributed by atoms with van der Waals surface area (Å²) in [5, 5.41) is 0. The summed E-state index contributed by atoms with van der Waals surface area (Å²) in [6.07, 6.45) is 5.94. The molecule has 0 radical (unpaired) electrons. The minimum absolute atomic E-state index is 0.0663. The van der Waals surface area contributed by atoms with Crippen molar-refractivity contribution in [3.63, 3.8) is 0 Å². The molecule has 1 heterocycles. The van der Waals surface area contributed by atoms with Crippen molar-refractivity contribution in [1.82, 2.24) is 4.57 Å². The minimum Gasteiger partial charge on any atom is -0.493 e. The molecule has 0 unspecified atom stereocenters. The monoisotopic (exact) mass is 519 g/mol. The highest BCUT2D eigenvalue weighted by atomic mass is 16.5. The lowest BCUT2D eigenvalue weighted by Gasteiger charge is -2.13. The van der Waals surface area contributed by atoms with Crippen LogP contribution in [-0.2, 0) is 29.1 Å². The number of hydrogen-bond donors (Lipinski definition) is 0. The Hall–Kier alpha value is -3.54. The van der Waals surface area contributed by atoms with Crippen molar-refractivity contribution in [3.8, 4) is 11.5 Å². The van der Waals surface area contributed by atoms with Gasteiger partial charge >= 0.3 is 5.97 Å². The van der Waals surface area contributed by atoms with Crippen LogP contribution in [-0.4, -0.2) is 30.0 Å². The molecule has 0 amide bonds. The molecule has 6 heteroatoms. The Kier molecular flexibility index (Phi) is 10.6. The summed E-state index contributed by atoms with van der Waals surface area (Å²) < 4.78 is 18.6. The average molecular weight is 520 g/mol. The van der Waals surface area contributed by atoms with Crippen molar-refractivity contribution < 1.29 is 23.8 Å². The minimum atomic E-state index is -0.197. The third-order valence-corrected chi connectivity index (χ3v) is 6.37. The van der Waals surface area contributed by atoms with Gasteiger partial charge in [-0.15, -0.1) is 0 Å². The number of methoxy groups -OCH3 is 1. The predicted molar refractivity (Wildman–Crippen MR) is 150 cm³/mol. The van der Waals surface area contributed by atoms with Crippen LogP contribution in [0.4, 0.5) is 0 Å². The van der Waals surface area contributed by atoms with E-state index in [9.17, 15) is 9.59 Å². The molecule has 204 valence electrons. The number of aromatic nitrogens is 1. The number of ether oxygens (including phenoxy) is 3. The number of carbonyl (C=O) groups excluding carboxylic acids is 2. The number of hydrogen-bond acceptors (Lipinski definition) is 5. The van der Waals surface area contributed by atoms with E-state index >= 15 is 0 Å². The van der Waals surface area contributed by atoms with Gasteiger partial charge in [0, 0.05) is 36.5 Å². The molecular formula is C32H41NO5. The van der Waals surface area contributed by atoms with Crippen LogP contribution in [0.25, 0.3) is 0 Å². The van der Waals surface area contributed by atoms with E-state index in [1.54, 1.807) is 32.2 Å². The lowest BCUT2D eigenvalue weighted by molar-refractivity contribution is -0.143. The molecule has 1 aromatic heterocycles. The Morgan fingerprint density at radius 3 is 2.26 bits per heavy atom. The molecular weight excluding hydrogens is 478 g/mol. The Bertz CT molecular complexity index is 1210. The first kappa shape index (κ1) is 29.0. The number of esters is 1. The molecule has 0 aliphatic carbocycles. The summed E-state index contributed by atoms with van der Waals surface area (Å²) in [7, 11) is 1.58. The Balaban J connectivity index is 1.71. The first-order valence-corrected chi connectivity index (χ1v) is 13.5. The number of benzene rings is 2. The molecule has 2 aromatic carbocycles. The normalized spacial score (nSPS) is 11.2. The highest BCUT2D eigenvalue weighted by Crippen LogP contribution is 2.31. The zero-order valence-corrected chi connectivity index (χ0v) is 23.6. The van der Waals surface area contributed by atoms with Crippen LogP contribution in [0.3, 0.4) is 0 Å². The number of rotatable bonds is 14. The largest absolute Gasteiger partial charge is 0.493 e. The second-order valence-electron chi connectivity index (χ2n) is 10.3. The van der Waals surface area contributed by atoms with Gasteiger partial charge in [0.15, 0.2) is 17.3 Å². The second-order valence-corrected chi connectivity index (χ2v) is 10.3. The molecule has 3 aromatic rings. The standard InChI is InChI=1S/C32H41NO5/c1-7-37-31(34)9-8-16-33-19-27(23(4)5)28(20-33)32(35)26-14-15-29(30(18-26)36-6)38-21-25-12-10-24(11-13-25)17-22(2)3/h10-15,18-20,22-23H,7-9,16-17,21H2,1-6H3. The van der Waals surface area contributed by atoms with Gasteiger partial charge in [-0.3, -0.25) is 9.59 Å². The molecule has 6 nitrogen and oxygen atoms in total. The van der Waals surface area contributed by atoms with Crippen molar-refractivity contribution >= 4 is 11.8 Å². The molecule has 0 saturated carbocycles. The molecule has 3 rings (SSSR count). The number of nitrogens with zero attached hydrogens (tertiary/aromatic N) is 1. The van der Waals surface area contributed by atoms with E-state index in [4.69, 9.17) is 14.2 Å². The van der Waals surface area contributed by atoms with Crippen molar-refractivity contribution in [2.45, 2.75) is 73.0 Å². The van der Waals surface area contributed by atoms with Crippen molar-refractivity contribution in [2.24, 2.45) is 5.92 Å². The summed E-state index contributed by atoms with van der Waals surface area (Å²) in [5.41, 5.74) is 4.57. The molecule has 0 saturated heterocycles. The van der Waals surface area contributed by atoms with Crippen LogP contribution in [0.5, 0.6) is 11.5 Å². The van der Waals surface area contributed by atoms with E-state index in [1.807, 2.05) is 17.0 Å². The molecule has 0 aliphatic rings. The van der Waals surface area contributed by atoms with Gasteiger partial charge in [0.1, 0.15) is 6.61 Å². The van der Waals surface area contributed by atoms with Gasteiger partial charge < -0.3 is 18.8 Å². The summed E-state index contributed by atoms with van der Waals surface area (Å²) in [4.78, 5) is 25.2. The van der Waals surface area contributed by atoms with Gasteiger partial charge in [0.2, 0.25) is 0 Å². The highest BCUT2D eigenvalue weighted by Gasteiger charge is 2.20. The third kappa shape index (κ3) is 7.98. The summed E-state index contributed by atoms with van der Waals surface area (Å²) in [5.74, 6) is 1.65. The fraction of sp³-hybridized carbons (Fsp3) is 0.438.